The minimum Gasteiger partial charge on any atom is -0.325 e. The minimum atomic E-state index is -0.343. The molecule has 1 unspecified atom stereocenters. The highest BCUT2D eigenvalue weighted by Gasteiger charge is 2.58. The Labute approximate surface area is 185 Å². The lowest BCUT2D eigenvalue weighted by Crippen LogP contribution is -2.39. The van der Waals surface area contributed by atoms with Crippen LogP contribution >= 0.6 is 0 Å². The van der Waals surface area contributed by atoms with Crippen molar-refractivity contribution >= 4 is 17.6 Å². The number of rotatable bonds is 4. The first-order valence-corrected chi connectivity index (χ1v) is 12.0. The summed E-state index contributed by atoms with van der Waals surface area (Å²) in [4.78, 5) is 25.1. The zero-order chi connectivity index (χ0) is 21.6. The second kappa shape index (κ2) is 8.05. The van der Waals surface area contributed by atoms with Crippen molar-refractivity contribution in [3.63, 3.8) is 0 Å². The first kappa shape index (κ1) is 20.7. The Balaban J connectivity index is 1.39. The van der Waals surface area contributed by atoms with Gasteiger partial charge in [0.05, 0.1) is 0 Å². The number of pyridine rings is 1. The highest BCUT2D eigenvalue weighted by molar-refractivity contribution is 6.08. The first-order valence-electron chi connectivity index (χ1n) is 12.0. The minimum absolute atomic E-state index is 0.181. The van der Waals surface area contributed by atoms with Gasteiger partial charge in [0.1, 0.15) is 17.7 Å². The van der Waals surface area contributed by atoms with Crippen LogP contribution in [-0.2, 0) is 4.79 Å². The monoisotopic (exact) mass is 421 g/mol. The standard InChI is InChI=1S/C25H35N5O/c1-16(2)25(3)20-14-22(29-23(25)24(31)30(20)19-6-4-5-7-19)28-21-9-8-18(15-27-21)17-10-12-26-13-11-17/h8-9,14-17,19,23,26H,4-7,10-13H2,1-3H3,(H,27,28,29)/t23?,25-/m0/s1. The van der Waals surface area contributed by atoms with Gasteiger partial charge in [-0.05, 0) is 62.2 Å². The molecule has 1 saturated carbocycles. The van der Waals surface area contributed by atoms with Gasteiger partial charge in [0.25, 0.3) is 5.91 Å². The number of carbonyl (C=O) groups excluding carboxylic acids is 1. The van der Waals surface area contributed by atoms with E-state index in [4.69, 9.17) is 4.99 Å². The predicted octanol–water partition coefficient (Wildman–Crippen LogP) is 4.07. The number of aliphatic imine (C=N–C) groups is 1. The third kappa shape index (κ3) is 3.49. The molecule has 3 fully saturated rings. The summed E-state index contributed by atoms with van der Waals surface area (Å²) in [5.74, 6) is 2.67. The number of nitrogens with one attached hydrogen (secondary N) is 2. The number of hydrogen-bond donors (Lipinski definition) is 2. The van der Waals surface area contributed by atoms with Crippen molar-refractivity contribution in [1.29, 1.82) is 0 Å². The normalized spacial score (nSPS) is 29.5. The van der Waals surface area contributed by atoms with Crippen LogP contribution in [0, 0.1) is 11.3 Å². The molecule has 5 rings (SSSR count). The van der Waals surface area contributed by atoms with E-state index in [2.05, 4.69) is 53.4 Å². The fraction of sp³-hybridized carbons (Fsp3) is 0.640. The average molecular weight is 422 g/mol. The average Bonchev–Trinajstić information content (AvgIpc) is 3.33. The largest absolute Gasteiger partial charge is 0.325 e. The zero-order valence-electron chi connectivity index (χ0n) is 19.0. The van der Waals surface area contributed by atoms with E-state index in [0.29, 0.717) is 17.9 Å². The molecule has 1 amide bonds. The molecule has 0 radical (unpaired) electrons. The fourth-order valence-corrected chi connectivity index (χ4v) is 5.85. The molecule has 166 valence electrons. The van der Waals surface area contributed by atoms with Gasteiger partial charge in [-0.2, -0.15) is 0 Å². The molecule has 3 aliphatic heterocycles. The molecule has 1 aromatic rings. The van der Waals surface area contributed by atoms with Crippen molar-refractivity contribution in [2.24, 2.45) is 16.3 Å². The molecular formula is C25H35N5O. The highest BCUT2D eigenvalue weighted by Crippen LogP contribution is 2.52. The second-order valence-corrected chi connectivity index (χ2v) is 10.2. The lowest BCUT2D eigenvalue weighted by atomic mass is 9.71. The van der Waals surface area contributed by atoms with Gasteiger partial charge in [-0.3, -0.25) is 9.79 Å². The van der Waals surface area contributed by atoms with Crippen molar-refractivity contribution in [2.45, 2.75) is 77.3 Å². The number of likely N-dealkylation sites (tertiary alicyclic amines) is 1. The molecule has 31 heavy (non-hydrogen) atoms. The fourth-order valence-electron chi connectivity index (χ4n) is 5.85. The van der Waals surface area contributed by atoms with Crippen LogP contribution in [0.1, 0.15) is 70.8 Å². The van der Waals surface area contributed by atoms with Crippen molar-refractivity contribution in [2.75, 3.05) is 18.4 Å². The number of aromatic nitrogens is 1. The van der Waals surface area contributed by atoms with E-state index in [1.165, 1.54) is 31.2 Å². The maximum Gasteiger partial charge on any atom is 0.252 e. The summed E-state index contributed by atoms with van der Waals surface area (Å²) in [5, 5.41) is 6.81. The molecule has 6 heteroatoms. The SMILES string of the molecule is CC(C)[C@@]1(C)C2=CC(Nc3ccc(C4CCNCC4)cn3)=NC1C(=O)N2C1CCCC1. The molecule has 6 nitrogen and oxygen atoms in total. The van der Waals surface area contributed by atoms with Gasteiger partial charge in [0.15, 0.2) is 0 Å². The van der Waals surface area contributed by atoms with Crippen molar-refractivity contribution in [3.8, 4) is 0 Å². The Morgan fingerprint density at radius 2 is 1.90 bits per heavy atom. The lowest BCUT2D eigenvalue weighted by molar-refractivity contribution is -0.129. The number of nitrogens with zero attached hydrogens (tertiary/aromatic N) is 3. The number of dihydropyridines is 1. The third-order valence-electron chi connectivity index (χ3n) is 8.13. The molecule has 1 aromatic heterocycles. The summed E-state index contributed by atoms with van der Waals surface area (Å²) in [6, 6.07) is 4.22. The van der Waals surface area contributed by atoms with E-state index < -0.39 is 0 Å². The van der Waals surface area contributed by atoms with E-state index >= 15 is 0 Å². The highest BCUT2D eigenvalue weighted by atomic mass is 16.2. The van der Waals surface area contributed by atoms with Gasteiger partial charge >= 0.3 is 0 Å². The molecule has 2 bridgehead atoms. The smallest absolute Gasteiger partial charge is 0.252 e. The molecule has 2 N–H and O–H groups in total. The number of anilines is 1. The van der Waals surface area contributed by atoms with Crippen LogP contribution in [0.4, 0.5) is 5.82 Å². The van der Waals surface area contributed by atoms with Gasteiger partial charge in [-0.15, -0.1) is 0 Å². The molecular weight excluding hydrogens is 386 g/mol. The summed E-state index contributed by atoms with van der Waals surface area (Å²) in [6.07, 6.45) is 11.1. The van der Waals surface area contributed by atoms with Gasteiger partial charge < -0.3 is 15.5 Å². The zero-order valence-corrected chi connectivity index (χ0v) is 19.0. The van der Waals surface area contributed by atoms with Crippen LogP contribution in [0.15, 0.2) is 35.1 Å². The van der Waals surface area contributed by atoms with E-state index in [0.717, 1.165) is 43.3 Å². The van der Waals surface area contributed by atoms with Gasteiger partial charge in [0, 0.05) is 29.4 Å². The number of amides is 1. The van der Waals surface area contributed by atoms with Crippen LogP contribution < -0.4 is 10.6 Å². The Bertz CT molecular complexity index is 893. The molecule has 2 saturated heterocycles. The van der Waals surface area contributed by atoms with E-state index in [9.17, 15) is 4.79 Å². The number of carbonyl (C=O) groups is 1. The number of fused-ring (bicyclic) bond motifs is 2. The van der Waals surface area contributed by atoms with Crippen molar-refractivity contribution < 1.29 is 4.79 Å². The van der Waals surface area contributed by atoms with E-state index in [1.54, 1.807) is 0 Å². The van der Waals surface area contributed by atoms with E-state index in [-0.39, 0.29) is 17.4 Å². The molecule has 1 aliphatic carbocycles. The number of piperidine rings is 1. The summed E-state index contributed by atoms with van der Waals surface area (Å²) in [5.41, 5.74) is 2.22. The Morgan fingerprint density at radius 3 is 2.55 bits per heavy atom. The lowest BCUT2D eigenvalue weighted by Gasteiger charge is -2.37. The third-order valence-corrected chi connectivity index (χ3v) is 8.13. The van der Waals surface area contributed by atoms with Crippen LogP contribution in [-0.4, -0.2) is 46.8 Å². The van der Waals surface area contributed by atoms with Crippen LogP contribution in [0.3, 0.4) is 0 Å². The molecule has 0 aromatic carbocycles. The first-order chi connectivity index (χ1) is 15.0. The summed E-state index contributed by atoms with van der Waals surface area (Å²) in [6.45, 7) is 8.79. The number of amidine groups is 1. The topological polar surface area (TPSA) is 69.6 Å². The summed E-state index contributed by atoms with van der Waals surface area (Å²) < 4.78 is 0. The van der Waals surface area contributed by atoms with Crippen LogP contribution in [0.2, 0.25) is 0 Å². The van der Waals surface area contributed by atoms with Crippen molar-refractivity contribution in [1.82, 2.24) is 15.2 Å². The summed E-state index contributed by atoms with van der Waals surface area (Å²) >= 11 is 0. The van der Waals surface area contributed by atoms with Gasteiger partial charge in [-0.25, -0.2) is 4.98 Å². The van der Waals surface area contributed by atoms with Crippen LogP contribution in [0.25, 0.3) is 0 Å². The molecule has 4 heterocycles. The Hall–Kier alpha value is -2.21. The van der Waals surface area contributed by atoms with Crippen LogP contribution in [0.5, 0.6) is 0 Å². The Kier molecular flexibility index (Phi) is 5.37. The van der Waals surface area contributed by atoms with Crippen molar-refractivity contribution in [3.05, 3.63) is 35.7 Å². The Morgan fingerprint density at radius 1 is 1.16 bits per heavy atom. The quantitative estimate of drug-likeness (QED) is 0.769. The maximum absolute atomic E-state index is 13.4. The second-order valence-electron chi connectivity index (χ2n) is 10.2. The molecule has 0 spiro atoms. The molecule has 4 aliphatic rings. The maximum atomic E-state index is 13.4. The number of hydrogen-bond acceptors (Lipinski definition) is 5. The predicted molar refractivity (Wildman–Crippen MR) is 124 cm³/mol. The molecule has 2 atom stereocenters. The van der Waals surface area contributed by atoms with E-state index in [1.807, 2.05) is 12.3 Å². The van der Waals surface area contributed by atoms with Gasteiger partial charge in [0.2, 0.25) is 0 Å². The summed E-state index contributed by atoms with van der Waals surface area (Å²) in [7, 11) is 0. The van der Waals surface area contributed by atoms with Gasteiger partial charge in [-0.1, -0.05) is 39.7 Å².